The number of rotatable bonds is 0. The van der Waals surface area contributed by atoms with E-state index in [-0.39, 0.29) is 0 Å². The Morgan fingerprint density at radius 2 is 1.72 bits per heavy atom. The minimum atomic E-state index is 0.780. The molecule has 2 rings (SSSR count). The number of allylic oxidation sites excluding steroid dienone is 3. The van der Waals surface area contributed by atoms with E-state index >= 15 is 0 Å². The summed E-state index contributed by atoms with van der Waals surface area (Å²) in [5, 5.41) is 2.92. The highest BCUT2D eigenvalue weighted by atomic mass is 32.1. The summed E-state index contributed by atoms with van der Waals surface area (Å²) in [5.74, 6) is 0. The number of dihydropyridines is 1. The van der Waals surface area contributed by atoms with Crippen LogP contribution in [0, 0.1) is 4.64 Å². The number of pyridine rings is 1. The lowest BCUT2D eigenvalue weighted by atomic mass is 10.3. The summed E-state index contributed by atoms with van der Waals surface area (Å²) < 4.78 is 0.780. The highest BCUT2D eigenvalue weighted by molar-refractivity contribution is 7.71. The van der Waals surface area contributed by atoms with Gasteiger partial charge < -0.3 is 10.3 Å². The van der Waals surface area contributed by atoms with Gasteiger partial charge in [0.1, 0.15) is 4.64 Å². The molecule has 3 heteroatoms. The third kappa shape index (κ3) is 12.5. The van der Waals surface area contributed by atoms with Gasteiger partial charge in [0, 0.05) is 18.1 Å². The van der Waals surface area contributed by atoms with Crippen LogP contribution in [0.3, 0.4) is 0 Å². The van der Waals surface area contributed by atoms with Crippen molar-refractivity contribution in [1.82, 2.24) is 10.3 Å². The topological polar surface area (TPSA) is 27.8 Å². The zero-order valence-electron chi connectivity index (χ0n) is 11.7. The smallest absolute Gasteiger partial charge is 0.103 e. The first-order valence-corrected chi connectivity index (χ1v) is 6.62. The van der Waals surface area contributed by atoms with Crippen LogP contribution in [-0.2, 0) is 0 Å². The van der Waals surface area contributed by atoms with Crippen molar-refractivity contribution in [2.75, 3.05) is 0 Å². The van der Waals surface area contributed by atoms with Crippen molar-refractivity contribution in [2.45, 2.75) is 27.7 Å². The summed E-state index contributed by atoms with van der Waals surface area (Å²) in [6.07, 6.45) is 9.44. The molecule has 2 nitrogen and oxygen atoms in total. The quantitative estimate of drug-likeness (QED) is 0.647. The van der Waals surface area contributed by atoms with Gasteiger partial charge in [0.2, 0.25) is 0 Å². The highest BCUT2D eigenvalue weighted by Crippen LogP contribution is 1.92. The number of hydrogen-bond donors (Lipinski definition) is 2. The lowest BCUT2D eigenvalue weighted by molar-refractivity contribution is 1.11. The van der Waals surface area contributed by atoms with Crippen molar-refractivity contribution in [3.63, 3.8) is 0 Å². The number of aromatic nitrogens is 1. The van der Waals surface area contributed by atoms with Crippen molar-refractivity contribution in [1.29, 1.82) is 0 Å². The Morgan fingerprint density at radius 1 is 1.06 bits per heavy atom. The second-order valence-corrected chi connectivity index (χ2v) is 3.05. The summed E-state index contributed by atoms with van der Waals surface area (Å²) in [4.78, 5) is 2.85. The second kappa shape index (κ2) is 15.4. The first kappa shape index (κ1) is 18.7. The van der Waals surface area contributed by atoms with Gasteiger partial charge in [-0.15, -0.1) is 0 Å². The van der Waals surface area contributed by atoms with E-state index in [4.69, 9.17) is 12.2 Å². The molecule has 0 saturated heterocycles. The molecule has 1 aliphatic heterocycles. The van der Waals surface area contributed by atoms with Crippen LogP contribution in [0.5, 0.6) is 0 Å². The van der Waals surface area contributed by atoms with Crippen molar-refractivity contribution >= 4 is 12.2 Å². The van der Waals surface area contributed by atoms with Crippen LogP contribution in [0.4, 0.5) is 0 Å². The van der Waals surface area contributed by atoms with E-state index in [2.05, 4.69) is 16.9 Å². The average Bonchev–Trinajstić information content (AvgIpc) is 2.46. The molecule has 0 aliphatic carbocycles. The molecule has 0 unspecified atom stereocenters. The fraction of sp³-hybridized carbons (Fsp3) is 0.267. The molecule has 0 bridgehead atoms. The molecule has 2 heterocycles. The number of aromatic amines is 1. The highest BCUT2D eigenvalue weighted by Gasteiger charge is 1.81. The van der Waals surface area contributed by atoms with Gasteiger partial charge in [-0.2, -0.15) is 0 Å². The molecule has 1 aromatic rings. The zero-order valence-corrected chi connectivity index (χ0v) is 12.6. The monoisotopic (exact) mass is 264 g/mol. The average molecular weight is 264 g/mol. The van der Waals surface area contributed by atoms with E-state index in [1.807, 2.05) is 76.5 Å². The normalized spacial score (nSPS) is 10.6. The standard InChI is InChI=1S/C6H7N.C5H5NS.2C2H6/c1-6-4-2-3-5-7-6;7-5-3-1-2-4-6-5;2*1-2/h2-5,7H,1H2;1-4H,(H,6,7);2*1-2H3. The molecule has 2 N–H and O–H groups in total. The Kier molecular flexibility index (Phi) is 16.0. The molecule has 0 saturated carbocycles. The number of H-pyrrole nitrogens is 1. The molecule has 0 radical (unpaired) electrons. The van der Waals surface area contributed by atoms with E-state index in [1.165, 1.54) is 0 Å². The second-order valence-electron chi connectivity index (χ2n) is 2.61. The first-order chi connectivity index (χ1) is 8.79. The van der Waals surface area contributed by atoms with Crippen molar-refractivity contribution < 1.29 is 0 Å². The molecule has 18 heavy (non-hydrogen) atoms. The van der Waals surface area contributed by atoms with Crippen LogP contribution < -0.4 is 5.32 Å². The van der Waals surface area contributed by atoms with Crippen LogP contribution in [-0.4, -0.2) is 4.98 Å². The predicted octanol–water partition coefficient (Wildman–Crippen LogP) is 4.97. The molecule has 0 spiro atoms. The molecular formula is C15H24N2S. The molecule has 1 aliphatic rings. The predicted molar refractivity (Wildman–Crippen MR) is 84.9 cm³/mol. The lowest BCUT2D eigenvalue weighted by Gasteiger charge is -1.99. The molecule has 0 amide bonds. The van der Waals surface area contributed by atoms with Gasteiger partial charge in [0.15, 0.2) is 0 Å². The maximum Gasteiger partial charge on any atom is 0.103 e. The summed E-state index contributed by atoms with van der Waals surface area (Å²) >= 11 is 4.76. The summed E-state index contributed by atoms with van der Waals surface area (Å²) in [6.45, 7) is 11.7. The summed E-state index contributed by atoms with van der Waals surface area (Å²) in [7, 11) is 0. The van der Waals surface area contributed by atoms with E-state index in [9.17, 15) is 0 Å². The lowest BCUT2D eigenvalue weighted by Crippen LogP contribution is -2.01. The van der Waals surface area contributed by atoms with Crippen LogP contribution in [0.25, 0.3) is 0 Å². The molecule has 100 valence electrons. The van der Waals surface area contributed by atoms with Crippen LogP contribution >= 0.6 is 12.2 Å². The SMILES string of the molecule is C=C1C=CC=CN1.CC.CC.S=c1cccc[nH]1. The van der Waals surface area contributed by atoms with Crippen molar-refractivity contribution in [3.05, 3.63) is 65.7 Å². The Bertz CT molecular complexity index is 385. The van der Waals surface area contributed by atoms with Gasteiger partial charge in [0.25, 0.3) is 0 Å². The van der Waals surface area contributed by atoms with Gasteiger partial charge in [-0.3, -0.25) is 0 Å². The maximum absolute atomic E-state index is 4.76. The van der Waals surface area contributed by atoms with E-state index < -0.39 is 0 Å². The Balaban J connectivity index is 0. The third-order valence-corrected chi connectivity index (χ3v) is 1.71. The number of hydrogen-bond acceptors (Lipinski definition) is 2. The Labute approximate surface area is 116 Å². The summed E-state index contributed by atoms with van der Waals surface area (Å²) in [6, 6.07) is 5.64. The minimum absolute atomic E-state index is 0.780. The largest absolute Gasteiger partial charge is 0.362 e. The molecule has 0 fully saturated rings. The summed E-state index contributed by atoms with van der Waals surface area (Å²) in [5.41, 5.74) is 0.947. The zero-order chi connectivity index (χ0) is 14.2. The van der Waals surface area contributed by atoms with Crippen molar-refractivity contribution in [2.24, 2.45) is 0 Å². The Morgan fingerprint density at radius 3 is 1.94 bits per heavy atom. The first-order valence-electron chi connectivity index (χ1n) is 6.21. The minimum Gasteiger partial charge on any atom is -0.362 e. The van der Waals surface area contributed by atoms with Crippen LogP contribution in [0.15, 0.2) is 61.1 Å². The third-order valence-electron chi connectivity index (χ3n) is 1.45. The molecule has 1 aromatic heterocycles. The van der Waals surface area contributed by atoms with E-state index in [1.54, 1.807) is 0 Å². The van der Waals surface area contributed by atoms with Gasteiger partial charge in [0.05, 0.1) is 0 Å². The molecule has 0 aromatic carbocycles. The molecular weight excluding hydrogens is 240 g/mol. The van der Waals surface area contributed by atoms with Crippen LogP contribution in [0.1, 0.15) is 27.7 Å². The van der Waals surface area contributed by atoms with E-state index in [0.29, 0.717) is 0 Å². The fourth-order valence-electron chi connectivity index (χ4n) is 0.807. The van der Waals surface area contributed by atoms with Gasteiger partial charge in [-0.25, -0.2) is 0 Å². The van der Waals surface area contributed by atoms with Gasteiger partial charge >= 0.3 is 0 Å². The van der Waals surface area contributed by atoms with Gasteiger partial charge in [-0.05, 0) is 24.3 Å². The van der Waals surface area contributed by atoms with Crippen molar-refractivity contribution in [3.8, 4) is 0 Å². The molecule has 0 atom stereocenters. The van der Waals surface area contributed by atoms with E-state index in [0.717, 1.165) is 10.3 Å². The Hall–Kier alpha value is -1.61. The number of nitrogens with one attached hydrogen (secondary N) is 2. The fourth-order valence-corrected chi connectivity index (χ4v) is 0.954. The van der Waals surface area contributed by atoms with Gasteiger partial charge in [-0.1, -0.05) is 58.6 Å². The maximum atomic E-state index is 4.76. The van der Waals surface area contributed by atoms with Crippen LogP contribution in [0.2, 0.25) is 0 Å².